The summed E-state index contributed by atoms with van der Waals surface area (Å²) in [5.74, 6) is -2.52. The number of carbonyl (C=O) groups excluding carboxylic acids is 2. The van der Waals surface area contributed by atoms with Crippen molar-refractivity contribution in [2.24, 2.45) is 0 Å². The number of hydrogen-bond donors (Lipinski definition) is 1. The van der Waals surface area contributed by atoms with Crippen molar-refractivity contribution in [1.82, 2.24) is 0 Å². The molecule has 0 spiro atoms. The number of carboxylic acid groups (broad SMARTS) is 1. The number of rotatable bonds is 5. The maximum absolute atomic E-state index is 12.8. The van der Waals surface area contributed by atoms with Gasteiger partial charge in [-0.3, -0.25) is 0 Å². The van der Waals surface area contributed by atoms with Gasteiger partial charge in [0.15, 0.2) is 0 Å². The molecule has 0 saturated carbocycles. The van der Waals surface area contributed by atoms with Crippen molar-refractivity contribution < 1.29 is 29.0 Å². The summed E-state index contributed by atoms with van der Waals surface area (Å²) in [6.07, 6.45) is 10.7. The van der Waals surface area contributed by atoms with E-state index in [-0.39, 0.29) is 16.8 Å². The maximum Gasteiger partial charge on any atom is 0.355 e. The van der Waals surface area contributed by atoms with Gasteiger partial charge in [-0.15, -0.1) is 0 Å². The number of hydrogen-bond acceptors (Lipinski definition) is 7. The molecule has 3 rings (SSSR count). The SMILES string of the molecule is COC(=O)C1=C(C(=O)OC)N(c2cc(C(=O)O)ccc2N2CCCCCC2)C=CC=C1. The third-order valence-electron chi connectivity index (χ3n) is 5.32. The number of esters is 2. The minimum Gasteiger partial charge on any atom is -0.478 e. The van der Waals surface area contributed by atoms with E-state index in [1.165, 1.54) is 31.3 Å². The first-order valence-corrected chi connectivity index (χ1v) is 10.1. The predicted molar refractivity (Wildman–Crippen MR) is 116 cm³/mol. The van der Waals surface area contributed by atoms with Crippen LogP contribution >= 0.6 is 0 Å². The highest BCUT2D eigenvalue weighted by molar-refractivity contribution is 6.06. The van der Waals surface area contributed by atoms with E-state index in [2.05, 4.69) is 4.90 Å². The van der Waals surface area contributed by atoms with Crippen LogP contribution in [0, 0.1) is 0 Å². The summed E-state index contributed by atoms with van der Waals surface area (Å²) < 4.78 is 9.83. The summed E-state index contributed by atoms with van der Waals surface area (Å²) in [6.45, 7) is 1.63. The van der Waals surface area contributed by atoms with E-state index in [1.54, 1.807) is 30.5 Å². The quantitative estimate of drug-likeness (QED) is 0.717. The second kappa shape index (κ2) is 9.97. The number of anilines is 2. The first-order valence-electron chi connectivity index (χ1n) is 10.1. The standard InChI is InChI=1S/C23H26N2O6/c1-30-22(28)17-9-5-8-14-25(20(17)23(29)31-2)19-15-16(21(26)27)10-11-18(19)24-12-6-3-4-7-13-24/h5,8-11,14-15H,3-4,6-7,12-13H2,1-2H3,(H,26,27). The molecule has 164 valence electrons. The van der Waals surface area contributed by atoms with Gasteiger partial charge in [-0.2, -0.15) is 0 Å². The Bertz CT molecular complexity index is 955. The molecule has 2 heterocycles. The molecule has 1 aromatic carbocycles. The fourth-order valence-electron chi connectivity index (χ4n) is 3.78. The van der Waals surface area contributed by atoms with Gasteiger partial charge in [0, 0.05) is 19.3 Å². The molecule has 2 aliphatic rings. The molecule has 0 bridgehead atoms. The Morgan fingerprint density at radius 3 is 2.19 bits per heavy atom. The Balaban J connectivity index is 2.23. The smallest absolute Gasteiger partial charge is 0.355 e. The lowest BCUT2D eigenvalue weighted by atomic mass is 10.1. The zero-order valence-corrected chi connectivity index (χ0v) is 17.7. The molecule has 0 radical (unpaired) electrons. The first-order chi connectivity index (χ1) is 15.0. The van der Waals surface area contributed by atoms with Crippen molar-refractivity contribution in [2.45, 2.75) is 25.7 Å². The molecule has 0 unspecified atom stereocenters. The predicted octanol–water partition coefficient (Wildman–Crippen LogP) is 3.26. The molecule has 0 atom stereocenters. The highest BCUT2D eigenvalue weighted by atomic mass is 16.5. The molecule has 1 N–H and O–H groups in total. The molecule has 0 amide bonds. The summed E-state index contributed by atoms with van der Waals surface area (Å²) in [5.41, 5.74) is 1.30. The van der Waals surface area contributed by atoms with Gasteiger partial charge in [-0.25, -0.2) is 14.4 Å². The van der Waals surface area contributed by atoms with Crippen molar-refractivity contribution in [3.63, 3.8) is 0 Å². The van der Waals surface area contributed by atoms with Crippen LogP contribution in [0.1, 0.15) is 36.0 Å². The van der Waals surface area contributed by atoms with Gasteiger partial charge in [-0.05, 0) is 43.2 Å². The van der Waals surface area contributed by atoms with Gasteiger partial charge >= 0.3 is 17.9 Å². The lowest BCUT2D eigenvalue weighted by Gasteiger charge is -2.31. The van der Waals surface area contributed by atoms with Gasteiger partial charge < -0.3 is 24.4 Å². The molecule has 8 heteroatoms. The second-order valence-corrected chi connectivity index (χ2v) is 7.23. The van der Waals surface area contributed by atoms with Gasteiger partial charge in [0.25, 0.3) is 0 Å². The van der Waals surface area contributed by atoms with Gasteiger partial charge in [-0.1, -0.05) is 18.9 Å². The average molecular weight is 426 g/mol. The van der Waals surface area contributed by atoms with Crippen LogP contribution in [-0.2, 0) is 19.1 Å². The number of aromatic carboxylic acids is 1. The van der Waals surface area contributed by atoms with E-state index in [9.17, 15) is 19.5 Å². The van der Waals surface area contributed by atoms with Gasteiger partial charge in [0.2, 0.25) is 0 Å². The molecular weight excluding hydrogens is 400 g/mol. The molecule has 2 aliphatic heterocycles. The zero-order chi connectivity index (χ0) is 22.4. The molecule has 1 saturated heterocycles. The maximum atomic E-state index is 12.8. The minimum atomic E-state index is -1.09. The van der Waals surface area contributed by atoms with Crippen molar-refractivity contribution in [2.75, 3.05) is 37.1 Å². The number of methoxy groups -OCH3 is 2. The number of nitrogens with zero attached hydrogens (tertiary/aromatic N) is 2. The fraction of sp³-hybridized carbons (Fsp3) is 0.348. The normalized spacial score (nSPS) is 16.6. The van der Waals surface area contributed by atoms with E-state index >= 15 is 0 Å². The van der Waals surface area contributed by atoms with E-state index < -0.39 is 17.9 Å². The third-order valence-corrected chi connectivity index (χ3v) is 5.32. The largest absolute Gasteiger partial charge is 0.478 e. The monoisotopic (exact) mass is 426 g/mol. The number of allylic oxidation sites excluding steroid dienone is 2. The highest BCUT2D eigenvalue weighted by Gasteiger charge is 2.30. The van der Waals surface area contributed by atoms with E-state index in [0.29, 0.717) is 5.69 Å². The molecule has 8 nitrogen and oxygen atoms in total. The van der Waals surface area contributed by atoms with Crippen molar-refractivity contribution >= 4 is 29.3 Å². The molecular formula is C23H26N2O6. The number of benzene rings is 1. The third kappa shape index (κ3) is 4.79. The van der Waals surface area contributed by atoms with E-state index in [0.717, 1.165) is 44.5 Å². The summed E-state index contributed by atoms with van der Waals surface area (Å²) in [5, 5.41) is 9.57. The van der Waals surface area contributed by atoms with Crippen LogP contribution in [0.4, 0.5) is 11.4 Å². The van der Waals surface area contributed by atoms with Crippen LogP contribution in [0.2, 0.25) is 0 Å². The number of ether oxygens (including phenoxy) is 2. The highest BCUT2D eigenvalue weighted by Crippen LogP contribution is 2.36. The van der Waals surface area contributed by atoms with E-state index in [1.807, 2.05) is 0 Å². The fourth-order valence-corrected chi connectivity index (χ4v) is 3.78. The molecule has 31 heavy (non-hydrogen) atoms. The Kier molecular flexibility index (Phi) is 7.12. The summed E-state index contributed by atoms with van der Waals surface area (Å²) in [4.78, 5) is 40.6. The Morgan fingerprint density at radius 2 is 1.58 bits per heavy atom. The summed E-state index contributed by atoms with van der Waals surface area (Å²) in [6, 6.07) is 4.81. The van der Waals surface area contributed by atoms with Crippen LogP contribution in [-0.4, -0.2) is 50.3 Å². The van der Waals surface area contributed by atoms with Crippen molar-refractivity contribution in [3.05, 3.63) is 59.5 Å². The molecule has 0 aromatic heterocycles. The topological polar surface area (TPSA) is 96.4 Å². The Morgan fingerprint density at radius 1 is 0.903 bits per heavy atom. The molecule has 0 aliphatic carbocycles. The molecule has 1 aromatic rings. The van der Waals surface area contributed by atoms with Crippen molar-refractivity contribution in [3.8, 4) is 0 Å². The van der Waals surface area contributed by atoms with Gasteiger partial charge in [0.05, 0.1) is 36.7 Å². The first kappa shape index (κ1) is 22.1. The molecule has 1 fully saturated rings. The van der Waals surface area contributed by atoms with Crippen LogP contribution in [0.5, 0.6) is 0 Å². The average Bonchev–Trinajstić information content (AvgIpc) is 3.18. The van der Waals surface area contributed by atoms with Crippen LogP contribution in [0.15, 0.2) is 53.9 Å². The minimum absolute atomic E-state index is 0.0156. The number of carbonyl (C=O) groups is 3. The van der Waals surface area contributed by atoms with Crippen LogP contribution < -0.4 is 9.80 Å². The summed E-state index contributed by atoms with van der Waals surface area (Å²) >= 11 is 0. The lowest BCUT2D eigenvalue weighted by molar-refractivity contribution is -0.139. The second-order valence-electron chi connectivity index (χ2n) is 7.23. The Hall–Kier alpha value is -3.55. The van der Waals surface area contributed by atoms with Crippen LogP contribution in [0.25, 0.3) is 0 Å². The summed E-state index contributed by atoms with van der Waals surface area (Å²) in [7, 11) is 2.46. The lowest BCUT2D eigenvalue weighted by Crippen LogP contribution is -2.30. The van der Waals surface area contributed by atoms with Gasteiger partial charge in [0.1, 0.15) is 5.70 Å². The zero-order valence-electron chi connectivity index (χ0n) is 17.7. The van der Waals surface area contributed by atoms with Crippen LogP contribution in [0.3, 0.4) is 0 Å². The number of carboxylic acids is 1. The Labute approximate surface area is 181 Å². The van der Waals surface area contributed by atoms with E-state index in [4.69, 9.17) is 9.47 Å². The van der Waals surface area contributed by atoms with Crippen molar-refractivity contribution in [1.29, 1.82) is 0 Å².